The normalized spacial score (nSPS) is 9.64. The summed E-state index contributed by atoms with van der Waals surface area (Å²) in [4.78, 5) is 0. The zero-order valence-electron chi connectivity index (χ0n) is 4.58. The van der Waals surface area contributed by atoms with Crippen LogP contribution >= 0.6 is 0 Å². The summed E-state index contributed by atoms with van der Waals surface area (Å²) < 4.78 is 33.6. The molecule has 0 bridgehead atoms. The minimum absolute atomic E-state index is 0. The third kappa shape index (κ3) is 11.8. The van der Waals surface area contributed by atoms with Crippen molar-refractivity contribution in [2.45, 2.75) is 6.42 Å². The molecule has 0 saturated carbocycles. The molecular weight excluding hydrogens is 197 g/mol. The SMILES string of the molecule is O=S(=O)(CCCO)OF.[NaH].[NaH]. The van der Waals surface area contributed by atoms with Gasteiger partial charge in [0, 0.05) is 6.61 Å². The Kier molecular flexibility index (Phi) is 16.7. The summed E-state index contributed by atoms with van der Waals surface area (Å²) >= 11 is 0. The van der Waals surface area contributed by atoms with Gasteiger partial charge >= 0.3 is 59.1 Å². The fraction of sp³-hybridized carbons (Fsp3) is 1.00. The number of aliphatic hydroxyl groups excluding tert-OH is 1. The third-order valence-electron chi connectivity index (χ3n) is 0.648. The molecule has 0 aliphatic carbocycles. The Labute approximate surface area is 109 Å². The number of aliphatic hydroxyl groups is 1. The van der Waals surface area contributed by atoms with Gasteiger partial charge in [0.15, 0.2) is 0 Å². The van der Waals surface area contributed by atoms with Crippen LogP contribution in [0.4, 0.5) is 4.53 Å². The summed E-state index contributed by atoms with van der Waals surface area (Å²) in [7, 11) is -4.01. The molecule has 0 radical (unpaired) electrons. The monoisotopic (exact) mass is 206 g/mol. The van der Waals surface area contributed by atoms with Gasteiger partial charge in [-0.05, 0) is 10.9 Å². The van der Waals surface area contributed by atoms with Gasteiger partial charge in [-0.3, -0.25) is 0 Å². The van der Waals surface area contributed by atoms with Crippen LogP contribution in [-0.4, -0.2) is 85.0 Å². The molecule has 0 unspecified atom stereocenters. The van der Waals surface area contributed by atoms with E-state index in [9.17, 15) is 12.9 Å². The van der Waals surface area contributed by atoms with Gasteiger partial charge < -0.3 is 5.11 Å². The van der Waals surface area contributed by atoms with Crippen molar-refractivity contribution in [3.05, 3.63) is 0 Å². The van der Waals surface area contributed by atoms with Gasteiger partial charge in [-0.25, -0.2) is 0 Å². The van der Waals surface area contributed by atoms with Gasteiger partial charge in [-0.1, -0.05) is 4.39 Å². The maximum absolute atomic E-state index is 10.9. The van der Waals surface area contributed by atoms with E-state index in [0.29, 0.717) is 0 Å². The topological polar surface area (TPSA) is 63.6 Å². The Morgan fingerprint density at radius 1 is 1.36 bits per heavy atom. The van der Waals surface area contributed by atoms with E-state index < -0.39 is 15.9 Å². The first-order valence-corrected chi connectivity index (χ1v) is 3.84. The van der Waals surface area contributed by atoms with Crippen LogP contribution in [0.1, 0.15) is 6.42 Å². The van der Waals surface area contributed by atoms with Crippen molar-refractivity contribution >= 4 is 69.2 Å². The summed E-state index contributed by atoms with van der Waals surface area (Å²) in [5.74, 6) is -0.486. The second-order valence-electron chi connectivity index (χ2n) is 1.40. The van der Waals surface area contributed by atoms with Crippen LogP contribution in [0.2, 0.25) is 0 Å². The third-order valence-corrected chi connectivity index (χ3v) is 1.63. The fourth-order valence-electron chi connectivity index (χ4n) is 0.273. The maximum atomic E-state index is 10.9. The van der Waals surface area contributed by atoms with Crippen LogP contribution in [0.5, 0.6) is 0 Å². The molecule has 1 N–H and O–H groups in total. The van der Waals surface area contributed by atoms with Crippen molar-refractivity contribution in [3.8, 4) is 0 Å². The van der Waals surface area contributed by atoms with E-state index in [2.05, 4.69) is 4.39 Å². The molecule has 60 valence electrons. The number of halogens is 1. The van der Waals surface area contributed by atoms with E-state index in [1.165, 1.54) is 0 Å². The molecule has 0 amide bonds. The summed E-state index contributed by atoms with van der Waals surface area (Å²) in [6, 6.07) is 0. The summed E-state index contributed by atoms with van der Waals surface area (Å²) in [6.45, 7) is -0.289. The average Bonchev–Trinajstić information content (AvgIpc) is 1.84. The molecule has 0 spiro atoms. The summed E-state index contributed by atoms with van der Waals surface area (Å²) in [5.41, 5.74) is 0. The Morgan fingerprint density at radius 2 is 1.82 bits per heavy atom. The second kappa shape index (κ2) is 9.88. The van der Waals surface area contributed by atoms with Crippen LogP contribution in [0, 0.1) is 0 Å². The molecule has 0 aliphatic rings. The molecule has 4 nitrogen and oxygen atoms in total. The van der Waals surface area contributed by atoms with E-state index in [1.807, 2.05) is 0 Å². The van der Waals surface area contributed by atoms with Gasteiger partial charge in [0.1, 0.15) is 0 Å². The van der Waals surface area contributed by atoms with E-state index in [-0.39, 0.29) is 72.1 Å². The van der Waals surface area contributed by atoms with Crippen molar-refractivity contribution < 1.29 is 22.4 Å². The molecule has 0 saturated heterocycles. The molecule has 0 aromatic rings. The quantitative estimate of drug-likeness (QED) is 0.557. The molecule has 11 heavy (non-hydrogen) atoms. The summed E-state index contributed by atoms with van der Waals surface area (Å²) in [6.07, 6.45) is -0.00769. The van der Waals surface area contributed by atoms with Crippen LogP contribution in [0.15, 0.2) is 0 Å². The van der Waals surface area contributed by atoms with E-state index >= 15 is 0 Å². The van der Waals surface area contributed by atoms with Gasteiger partial charge in [0.25, 0.3) is 10.1 Å². The summed E-state index contributed by atoms with van der Waals surface area (Å²) in [5, 5.41) is 8.08. The average molecular weight is 206 g/mol. The van der Waals surface area contributed by atoms with Crippen LogP contribution in [0.25, 0.3) is 0 Å². The van der Waals surface area contributed by atoms with Gasteiger partial charge in [-0.2, -0.15) is 8.42 Å². The predicted molar refractivity (Wildman–Crippen MR) is 42.0 cm³/mol. The molecule has 0 atom stereocenters. The Bertz CT molecular complexity index is 159. The van der Waals surface area contributed by atoms with Crippen LogP contribution < -0.4 is 0 Å². The first-order chi connectivity index (χ1) is 4.12. The minimum atomic E-state index is -4.01. The van der Waals surface area contributed by atoms with Crippen LogP contribution in [0.3, 0.4) is 0 Å². The van der Waals surface area contributed by atoms with Gasteiger partial charge in [0.2, 0.25) is 0 Å². The Balaban J connectivity index is -0.000000320. The van der Waals surface area contributed by atoms with E-state index in [0.717, 1.165) is 0 Å². The predicted octanol–water partition coefficient (Wildman–Crippen LogP) is -1.70. The number of hydrogen-bond donors (Lipinski definition) is 1. The zero-order chi connectivity index (χ0) is 7.33. The van der Waals surface area contributed by atoms with Crippen molar-refractivity contribution in [3.63, 3.8) is 0 Å². The van der Waals surface area contributed by atoms with Crippen molar-refractivity contribution in [1.29, 1.82) is 0 Å². The first-order valence-electron chi connectivity index (χ1n) is 2.26. The van der Waals surface area contributed by atoms with Crippen molar-refractivity contribution in [2.24, 2.45) is 0 Å². The Morgan fingerprint density at radius 3 is 2.09 bits per heavy atom. The second-order valence-corrected chi connectivity index (χ2v) is 3.05. The molecule has 0 rings (SSSR count). The van der Waals surface area contributed by atoms with E-state index in [4.69, 9.17) is 5.11 Å². The molecular formula is C3H9FNa2O4S. The molecule has 0 heterocycles. The van der Waals surface area contributed by atoms with E-state index in [1.54, 1.807) is 0 Å². The molecule has 0 aromatic heterocycles. The fourth-order valence-corrected chi connectivity index (χ4v) is 0.818. The molecule has 0 aromatic carbocycles. The van der Waals surface area contributed by atoms with Crippen LogP contribution in [-0.2, 0) is 14.5 Å². The van der Waals surface area contributed by atoms with Gasteiger partial charge in [0.05, 0.1) is 5.75 Å². The Hall–Kier alpha value is 1.80. The number of rotatable bonds is 4. The molecule has 0 aliphatic heterocycles. The van der Waals surface area contributed by atoms with Gasteiger partial charge in [-0.15, -0.1) is 0 Å². The van der Waals surface area contributed by atoms with Crippen molar-refractivity contribution in [2.75, 3.05) is 12.4 Å². The van der Waals surface area contributed by atoms with Crippen molar-refractivity contribution in [1.82, 2.24) is 0 Å². The standard InChI is InChI=1S/C3H7FO4S.2Na.2H/c4-8-9(6,7)3-1-2-5;;;;/h5H,1-3H2;;;;. The number of hydrogen-bond acceptors (Lipinski definition) is 4. The first kappa shape index (κ1) is 18.6. The zero-order valence-corrected chi connectivity index (χ0v) is 5.40. The molecule has 8 heteroatoms. The molecule has 0 fully saturated rings.